The Morgan fingerprint density at radius 1 is 1.13 bits per heavy atom. The summed E-state index contributed by atoms with van der Waals surface area (Å²) < 4.78 is 14.0. The lowest BCUT2D eigenvalue weighted by Crippen LogP contribution is -2.51. The number of anilines is 3. The van der Waals surface area contributed by atoms with Gasteiger partial charge in [-0.2, -0.15) is 0 Å². The summed E-state index contributed by atoms with van der Waals surface area (Å²) in [6.07, 6.45) is 4.28. The highest BCUT2D eigenvalue weighted by Crippen LogP contribution is 2.31. The molecular formula is C26H27FN8O3S. The number of hydrogen-bond donors (Lipinski definition) is 4. The number of carbonyl (C=O) groups is 2. The molecule has 0 radical (unpaired) electrons. The number of likely N-dealkylation sites (tertiary alicyclic amines) is 1. The van der Waals surface area contributed by atoms with Crippen LogP contribution in [-0.4, -0.2) is 54.0 Å². The van der Waals surface area contributed by atoms with Crippen LogP contribution in [0.25, 0.3) is 10.3 Å². The number of carbonyl (C=O) groups excluding carboxylic acids is 1. The van der Waals surface area contributed by atoms with Crippen LogP contribution in [0.2, 0.25) is 0 Å². The van der Waals surface area contributed by atoms with Gasteiger partial charge in [0.2, 0.25) is 5.91 Å². The zero-order valence-electron chi connectivity index (χ0n) is 20.9. The molecule has 2 atom stereocenters. The molecule has 2 unspecified atom stereocenters. The number of nitrogens with two attached hydrogens (primary N) is 1. The Morgan fingerprint density at radius 2 is 1.95 bits per heavy atom. The van der Waals surface area contributed by atoms with E-state index in [4.69, 9.17) is 10.7 Å². The molecule has 4 heterocycles. The first-order valence-corrected chi connectivity index (χ1v) is 13.3. The quantitative estimate of drug-likeness (QED) is 0.235. The second kappa shape index (κ2) is 11.6. The van der Waals surface area contributed by atoms with Crippen molar-refractivity contribution in [1.82, 2.24) is 24.8 Å². The van der Waals surface area contributed by atoms with E-state index in [0.717, 1.165) is 6.42 Å². The van der Waals surface area contributed by atoms with E-state index in [-0.39, 0.29) is 30.6 Å². The molecule has 11 nitrogen and oxygen atoms in total. The summed E-state index contributed by atoms with van der Waals surface area (Å²) in [5.74, 6) is -0.267. The number of piperidine rings is 1. The fourth-order valence-corrected chi connectivity index (χ4v) is 5.81. The van der Waals surface area contributed by atoms with Crippen LogP contribution in [0, 0.1) is 5.82 Å². The summed E-state index contributed by atoms with van der Waals surface area (Å²) >= 11 is 1.36. The molecule has 0 aliphatic carbocycles. The number of benzene rings is 1. The number of nitrogens with zero attached hydrogens (tertiary/aromatic N) is 5. The molecule has 0 bridgehead atoms. The van der Waals surface area contributed by atoms with E-state index in [1.54, 1.807) is 24.3 Å². The van der Waals surface area contributed by atoms with Gasteiger partial charge < -0.3 is 26.4 Å². The fraction of sp³-hybridized carbons (Fsp3) is 0.308. The molecule has 5 N–H and O–H groups in total. The van der Waals surface area contributed by atoms with Crippen molar-refractivity contribution in [2.24, 2.45) is 0 Å². The van der Waals surface area contributed by atoms with Crippen molar-refractivity contribution in [3.8, 4) is 0 Å². The van der Waals surface area contributed by atoms with Crippen molar-refractivity contribution in [3.63, 3.8) is 0 Å². The Kier molecular flexibility index (Phi) is 7.77. The summed E-state index contributed by atoms with van der Waals surface area (Å²) in [6, 6.07) is 8.99. The summed E-state index contributed by atoms with van der Waals surface area (Å²) in [7, 11) is 0. The molecular weight excluding hydrogens is 523 g/mol. The van der Waals surface area contributed by atoms with Crippen molar-refractivity contribution >= 4 is 50.9 Å². The van der Waals surface area contributed by atoms with Gasteiger partial charge in [0.05, 0.1) is 28.6 Å². The fourth-order valence-electron chi connectivity index (χ4n) is 4.84. The standard InChI is InChI=1S/C26H27FN8O3S/c27-17-7-4-10-29-20(17)13-30-24-23-25(32-14-31-24)39-22(34-23)12-16-6-3-5-15(35(16)26(37)38)11-21(36)33-19-9-2-1-8-18(19)28/h1-2,4,7-10,14-16H,3,5-6,11-13,28H2,(H,33,36)(H,37,38)(H,30,31,32). The van der Waals surface area contributed by atoms with E-state index in [0.29, 0.717) is 51.8 Å². The lowest BCUT2D eigenvalue weighted by Gasteiger charge is -2.40. The summed E-state index contributed by atoms with van der Waals surface area (Å²) in [6.45, 7) is 0.124. The monoisotopic (exact) mass is 550 g/mol. The maximum absolute atomic E-state index is 14.0. The maximum Gasteiger partial charge on any atom is 0.407 e. The van der Waals surface area contributed by atoms with Gasteiger partial charge in [-0.05, 0) is 43.5 Å². The van der Waals surface area contributed by atoms with E-state index < -0.39 is 18.0 Å². The number of rotatable bonds is 8. The SMILES string of the molecule is Nc1ccccc1NC(=O)CC1CCCC(Cc2nc3c(NCc4ncccc4F)ncnc3s2)N1C(=O)O. The molecule has 2 amide bonds. The molecule has 1 aliphatic rings. The Bertz CT molecular complexity index is 1500. The van der Waals surface area contributed by atoms with Crippen LogP contribution in [0.4, 0.5) is 26.4 Å². The Balaban J connectivity index is 1.29. The third-order valence-corrected chi connectivity index (χ3v) is 7.63. The molecule has 13 heteroatoms. The van der Waals surface area contributed by atoms with Gasteiger partial charge in [-0.15, -0.1) is 0 Å². The van der Waals surface area contributed by atoms with Crippen molar-refractivity contribution in [2.45, 2.75) is 50.7 Å². The number of hydrogen-bond acceptors (Lipinski definition) is 9. The average Bonchev–Trinajstić information content (AvgIpc) is 3.32. The molecule has 0 saturated carbocycles. The third kappa shape index (κ3) is 6.03. The normalized spacial score (nSPS) is 17.2. The molecule has 1 saturated heterocycles. The van der Waals surface area contributed by atoms with Gasteiger partial charge in [0.1, 0.15) is 22.5 Å². The number of halogens is 1. The van der Waals surface area contributed by atoms with Gasteiger partial charge >= 0.3 is 6.09 Å². The van der Waals surface area contributed by atoms with Crippen LogP contribution in [-0.2, 0) is 17.8 Å². The van der Waals surface area contributed by atoms with Crippen LogP contribution < -0.4 is 16.4 Å². The smallest absolute Gasteiger partial charge is 0.407 e. The molecule has 1 aromatic carbocycles. The van der Waals surface area contributed by atoms with Gasteiger partial charge in [0.15, 0.2) is 5.82 Å². The molecule has 39 heavy (non-hydrogen) atoms. The number of nitrogen functional groups attached to an aromatic ring is 1. The van der Waals surface area contributed by atoms with Crippen molar-refractivity contribution < 1.29 is 19.1 Å². The van der Waals surface area contributed by atoms with E-state index >= 15 is 0 Å². The van der Waals surface area contributed by atoms with Crippen molar-refractivity contribution in [1.29, 1.82) is 0 Å². The minimum absolute atomic E-state index is 0.0284. The first-order chi connectivity index (χ1) is 18.9. The van der Waals surface area contributed by atoms with Gasteiger partial charge in [-0.25, -0.2) is 24.1 Å². The lowest BCUT2D eigenvalue weighted by molar-refractivity contribution is -0.117. The Labute approximate surface area is 227 Å². The minimum atomic E-state index is -1.07. The molecule has 3 aromatic heterocycles. The predicted molar refractivity (Wildman–Crippen MR) is 146 cm³/mol. The van der Waals surface area contributed by atoms with Crippen LogP contribution >= 0.6 is 11.3 Å². The molecule has 202 valence electrons. The van der Waals surface area contributed by atoms with Crippen molar-refractivity contribution in [3.05, 3.63) is 65.4 Å². The second-order valence-electron chi connectivity index (χ2n) is 9.24. The number of amides is 2. The zero-order valence-corrected chi connectivity index (χ0v) is 21.7. The molecule has 0 spiro atoms. The molecule has 4 aromatic rings. The van der Waals surface area contributed by atoms with E-state index in [2.05, 4.69) is 25.6 Å². The van der Waals surface area contributed by atoms with Gasteiger partial charge in [0.25, 0.3) is 0 Å². The lowest BCUT2D eigenvalue weighted by atomic mass is 9.92. The molecule has 5 rings (SSSR count). The molecule has 1 fully saturated rings. The third-order valence-electron chi connectivity index (χ3n) is 6.65. The number of carboxylic acid groups (broad SMARTS) is 1. The highest BCUT2D eigenvalue weighted by Gasteiger charge is 2.36. The van der Waals surface area contributed by atoms with Crippen molar-refractivity contribution in [2.75, 3.05) is 16.4 Å². The van der Waals surface area contributed by atoms with E-state index in [1.165, 1.54) is 40.9 Å². The summed E-state index contributed by atoms with van der Waals surface area (Å²) in [4.78, 5) is 44.4. The topological polar surface area (TPSA) is 159 Å². The van der Waals surface area contributed by atoms with Gasteiger partial charge in [0, 0.05) is 31.1 Å². The van der Waals surface area contributed by atoms with Crippen LogP contribution in [0.15, 0.2) is 48.9 Å². The van der Waals surface area contributed by atoms with E-state index in [1.807, 2.05) is 0 Å². The number of thiazole rings is 1. The van der Waals surface area contributed by atoms with Crippen LogP contribution in [0.3, 0.4) is 0 Å². The Morgan fingerprint density at radius 3 is 2.74 bits per heavy atom. The van der Waals surface area contributed by atoms with E-state index in [9.17, 15) is 19.1 Å². The highest BCUT2D eigenvalue weighted by molar-refractivity contribution is 7.18. The number of para-hydroxylation sites is 2. The van der Waals surface area contributed by atoms with Crippen LogP contribution in [0.1, 0.15) is 36.4 Å². The number of fused-ring (bicyclic) bond motifs is 1. The molecule has 1 aliphatic heterocycles. The second-order valence-corrected chi connectivity index (χ2v) is 10.3. The summed E-state index contributed by atoms with van der Waals surface area (Å²) in [5.41, 5.74) is 7.66. The maximum atomic E-state index is 14.0. The zero-order chi connectivity index (χ0) is 27.4. The van der Waals surface area contributed by atoms with Gasteiger partial charge in [-0.3, -0.25) is 9.78 Å². The van der Waals surface area contributed by atoms with Gasteiger partial charge in [-0.1, -0.05) is 23.5 Å². The highest BCUT2D eigenvalue weighted by atomic mass is 32.1. The minimum Gasteiger partial charge on any atom is -0.465 e. The summed E-state index contributed by atoms with van der Waals surface area (Å²) in [5, 5.41) is 16.6. The first kappa shape index (κ1) is 26.2. The number of nitrogens with one attached hydrogen (secondary N) is 2. The van der Waals surface area contributed by atoms with Crippen LogP contribution in [0.5, 0.6) is 0 Å². The number of pyridine rings is 1. The Hall–Kier alpha value is -4.39. The number of aromatic nitrogens is 4. The predicted octanol–water partition coefficient (Wildman–Crippen LogP) is 4.29. The largest absolute Gasteiger partial charge is 0.465 e. The average molecular weight is 551 g/mol. The first-order valence-electron chi connectivity index (χ1n) is 12.5.